The first-order chi connectivity index (χ1) is 14.6. The third-order valence-corrected chi connectivity index (χ3v) is 5.97. The summed E-state index contributed by atoms with van der Waals surface area (Å²) in [7, 11) is 0. The summed E-state index contributed by atoms with van der Waals surface area (Å²) in [6, 6.07) is 3.01. The van der Waals surface area contributed by atoms with Gasteiger partial charge in [0, 0.05) is 30.3 Å². The Hall–Kier alpha value is -2.16. The predicted molar refractivity (Wildman–Crippen MR) is 120 cm³/mol. The highest BCUT2D eigenvalue weighted by atomic mass is 79.9. The van der Waals surface area contributed by atoms with Crippen molar-refractivity contribution in [3.8, 4) is 0 Å². The molecule has 3 heterocycles. The van der Waals surface area contributed by atoms with Gasteiger partial charge in [0.1, 0.15) is 17.5 Å². The maximum Gasteiger partial charge on any atom is 0.410 e. The number of nitrogens with zero attached hydrogens (tertiary/aromatic N) is 3. The Morgan fingerprint density at radius 2 is 1.90 bits per heavy atom. The van der Waals surface area contributed by atoms with Crippen LogP contribution in [0.25, 0.3) is 0 Å². The van der Waals surface area contributed by atoms with E-state index in [1.807, 2.05) is 26.8 Å². The van der Waals surface area contributed by atoms with E-state index in [-0.39, 0.29) is 17.7 Å². The number of carbonyl (C=O) groups is 3. The normalized spacial score (nSPS) is 22.1. The molecule has 2 aliphatic heterocycles. The van der Waals surface area contributed by atoms with Crippen LogP contribution in [-0.2, 0) is 14.3 Å². The van der Waals surface area contributed by atoms with Crippen LogP contribution in [0.5, 0.6) is 0 Å². The number of halogens is 1. The lowest BCUT2D eigenvalue weighted by atomic mass is 9.95. The maximum atomic E-state index is 13.3. The highest BCUT2D eigenvalue weighted by Gasteiger charge is 2.39. The van der Waals surface area contributed by atoms with E-state index in [9.17, 15) is 14.4 Å². The lowest BCUT2D eigenvalue weighted by molar-refractivity contribution is -0.141. The number of rotatable bonds is 3. The standard InChI is InChI=1S/C22H31BrN4O4/c1-22(2,3)31-21(30)27-12-5-4-8-17(27)20(29)26-11-6-7-15(14-26)19(28)25-18-10-9-16(23)13-24-18/h9-10,13,15,17H,4-8,11-12,14H2,1-3H3,(H,24,25,28). The minimum Gasteiger partial charge on any atom is -0.444 e. The number of nitrogens with one attached hydrogen (secondary N) is 1. The van der Waals surface area contributed by atoms with Gasteiger partial charge in [0.05, 0.1) is 5.92 Å². The molecule has 3 rings (SSSR count). The smallest absolute Gasteiger partial charge is 0.410 e. The maximum absolute atomic E-state index is 13.3. The zero-order chi connectivity index (χ0) is 22.6. The summed E-state index contributed by atoms with van der Waals surface area (Å²) in [5.74, 6) is -0.0495. The molecule has 0 aromatic carbocycles. The summed E-state index contributed by atoms with van der Waals surface area (Å²) in [6.45, 7) is 6.91. The van der Waals surface area contributed by atoms with Gasteiger partial charge in [-0.2, -0.15) is 0 Å². The number of hydrogen-bond donors (Lipinski definition) is 1. The van der Waals surface area contributed by atoms with Gasteiger partial charge < -0.3 is 15.0 Å². The summed E-state index contributed by atoms with van der Waals surface area (Å²) >= 11 is 3.32. The molecule has 0 spiro atoms. The van der Waals surface area contributed by atoms with E-state index in [1.165, 1.54) is 0 Å². The highest BCUT2D eigenvalue weighted by molar-refractivity contribution is 9.10. The molecule has 0 saturated carbocycles. The van der Waals surface area contributed by atoms with Crippen molar-refractivity contribution >= 4 is 39.7 Å². The molecule has 0 radical (unpaired) electrons. The minimum absolute atomic E-state index is 0.0928. The van der Waals surface area contributed by atoms with Crippen LogP contribution in [-0.4, -0.2) is 64.0 Å². The Morgan fingerprint density at radius 1 is 1.13 bits per heavy atom. The van der Waals surface area contributed by atoms with Crippen LogP contribution >= 0.6 is 15.9 Å². The molecular weight excluding hydrogens is 464 g/mol. The molecule has 2 fully saturated rings. The number of ether oxygens (including phenoxy) is 1. The first kappa shape index (κ1) is 23.5. The third kappa shape index (κ3) is 6.41. The molecule has 3 amide bonds. The van der Waals surface area contributed by atoms with Crippen molar-refractivity contribution in [1.29, 1.82) is 0 Å². The van der Waals surface area contributed by atoms with Crippen LogP contribution in [0.3, 0.4) is 0 Å². The zero-order valence-corrected chi connectivity index (χ0v) is 20.0. The molecule has 0 bridgehead atoms. The second-order valence-corrected chi connectivity index (χ2v) is 10.1. The molecule has 0 aliphatic carbocycles. The largest absolute Gasteiger partial charge is 0.444 e. The van der Waals surface area contributed by atoms with Crippen LogP contribution in [0.15, 0.2) is 22.8 Å². The van der Waals surface area contributed by atoms with Gasteiger partial charge in [0.2, 0.25) is 11.8 Å². The van der Waals surface area contributed by atoms with Crippen molar-refractivity contribution in [2.24, 2.45) is 5.92 Å². The Morgan fingerprint density at radius 3 is 2.58 bits per heavy atom. The Kier molecular flexibility index (Phi) is 7.56. The fraction of sp³-hybridized carbons (Fsp3) is 0.636. The SMILES string of the molecule is CC(C)(C)OC(=O)N1CCCCC1C(=O)N1CCCC(C(=O)Nc2ccc(Br)cn2)C1. The Labute approximate surface area is 191 Å². The molecule has 2 atom stereocenters. The number of pyridine rings is 1. The average molecular weight is 495 g/mol. The van der Waals surface area contributed by atoms with Crippen LogP contribution in [0.4, 0.5) is 10.6 Å². The van der Waals surface area contributed by atoms with E-state index in [0.29, 0.717) is 38.3 Å². The van der Waals surface area contributed by atoms with Gasteiger partial charge in [0.25, 0.3) is 0 Å². The van der Waals surface area contributed by atoms with Crippen LogP contribution in [0, 0.1) is 5.92 Å². The van der Waals surface area contributed by atoms with Crippen molar-refractivity contribution in [2.45, 2.75) is 64.5 Å². The van der Waals surface area contributed by atoms with E-state index in [1.54, 1.807) is 22.1 Å². The summed E-state index contributed by atoms with van der Waals surface area (Å²) in [4.78, 5) is 46.2. The van der Waals surface area contributed by atoms with Gasteiger partial charge in [-0.1, -0.05) is 0 Å². The van der Waals surface area contributed by atoms with Crippen molar-refractivity contribution in [3.63, 3.8) is 0 Å². The van der Waals surface area contributed by atoms with E-state index in [0.717, 1.165) is 23.7 Å². The molecule has 31 heavy (non-hydrogen) atoms. The first-order valence-corrected chi connectivity index (χ1v) is 11.6. The Balaban J connectivity index is 1.64. The summed E-state index contributed by atoms with van der Waals surface area (Å²) in [5, 5.41) is 2.84. The molecule has 2 unspecified atom stereocenters. The van der Waals surface area contributed by atoms with Crippen LogP contribution in [0.2, 0.25) is 0 Å². The monoisotopic (exact) mass is 494 g/mol. The van der Waals surface area contributed by atoms with E-state index >= 15 is 0 Å². The van der Waals surface area contributed by atoms with Crippen molar-refractivity contribution in [2.75, 3.05) is 25.0 Å². The molecule has 2 saturated heterocycles. The second kappa shape index (κ2) is 9.97. The number of anilines is 1. The lowest BCUT2D eigenvalue weighted by Gasteiger charge is -2.40. The predicted octanol–water partition coefficient (Wildman–Crippen LogP) is 3.81. The fourth-order valence-corrected chi connectivity index (χ4v) is 4.24. The van der Waals surface area contributed by atoms with Gasteiger partial charge in [-0.05, 0) is 80.9 Å². The first-order valence-electron chi connectivity index (χ1n) is 10.8. The number of hydrogen-bond acceptors (Lipinski definition) is 5. The average Bonchev–Trinajstić information content (AvgIpc) is 2.73. The Bertz CT molecular complexity index is 809. The highest BCUT2D eigenvalue weighted by Crippen LogP contribution is 2.25. The van der Waals surface area contributed by atoms with Crippen LogP contribution in [0.1, 0.15) is 52.9 Å². The van der Waals surface area contributed by atoms with Gasteiger partial charge in [-0.3, -0.25) is 14.5 Å². The van der Waals surface area contributed by atoms with Crippen molar-refractivity contribution in [3.05, 3.63) is 22.8 Å². The number of carbonyl (C=O) groups excluding carboxylic acids is 3. The molecule has 170 valence electrons. The summed E-state index contributed by atoms with van der Waals surface area (Å²) in [6.07, 6.45) is 5.01. The number of piperidine rings is 2. The van der Waals surface area contributed by atoms with E-state index in [4.69, 9.17) is 4.74 Å². The quantitative estimate of drug-likeness (QED) is 0.689. The second-order valence-electron chi connectivity index (χ2n) is 9.16. The van der Waals surface area contributed by atoms with Crippen molar-refractivity contribution in [1.82, 2.24) is 14.8 Å². The molecular formula is C22H31BrN4O4. The minimum atomic E-state index is -0.614. The van der Waals surface area contributed by atoms with E-state index < -0.39 is 17.7 Å². The number of likely N-dealkylation sites (tertiary alicyclic amines) is 2. The van der Waals surface area contributed by atoms with Gasteiger partial charge in [0.15, 0.2) is 0 Å². The fourth-order valence-electron chi connectivity index (χ4n) is 4.01. The van der Waals surface area contributed by atoms with Crippen molar-refractivity contribution < 1.29 is 19.1 Å². The topological polar surface area (TPSA) is 91.8 Å². The van der Waals surface area contributed by atoms with Gasteiger partial charge in [-0.25, -0.2) is 9.78 Å². The van der Waals surface area contributed by atoms with Gasteiger partial charge in [-0.15, -0.1) is 0 Å². The zero-order valence-electron chi connectivity index (χ0n) is 18.4. The van der Waals surface area contributed by atoms with E-state index in [2.05, 4.69) is 26.2 Å². The third-order valence-electron chi connectivity index (χ3n) is 5.50. The lowest BCUT2D eigenvalue weighted by Crippen LogP contribution is -2.56. The molecule has 2 aliphatic rings. The summed E-state index contributed by atoms with van der Waals surface area (Å²) in [5.41, 5.74) is -0.614. The van der Waals surface area contributed by atoms with Gasteiger partial charge >= 0.3 is 6.09 Å². The number of aromatic nitrogens is 1. The molecule has 1 N–H and O–H groups in total. The molecule has 1 aromatic heterocycles. The summed E-state index contributed by atoms with van der Waals surface area (Å²) < 4.78 is 6.36. The molecule has 9 heteroatoms. The van der Waals surface area contributed by atoms with Crippen LogP contribution < -0.4 is 5.32 Å². The molecule has 8 nitrogen and oxygen atoms in total. The number of amides is 3. The molecule has 1 aromatic rings.